The van der Waals surface area contributed by atoms with Crippen LogP contribution in [0.2, 0.25) is 0 Å². The SMILES string of the molecule is Cc1cc(Cn2c(=S)sc3ccccc32)cc(C)c1O. The summed E-state index contributed by atoms with van der Waals surface area (Å²) in [5.41, 5.74) is 4.15. The lowest BCUT2D eigenvalue weighted by Crippen LogP contribution is -2.00. The van der Waals surface area contributed by atoms with Crippen LogP contribution in [-0.2, 0) is 6.54 Å². The van der Waals surface area contributed by atoms with Crippen LogP contribution in [0.3, 0.4) is 0 Å². The Balaban J connectivity index is 2.10. The highest BCUT2D eigenvalue weighted by Crippen LogP contribution is 2.27. The maximum absolute atomic E-state index is 9.86. The van der Waals surface area contributed by atoms with E-state index >= 15 is 0 Å². The van der Waals surface area contributed by atoms with E-state index < -0.39 is 0 Å². The van der Waals surface area contributed by atoms with Crippen LogP contribution < -0.4 is 0 Å². The zero-order chi connectivity index (χ0) is 14.3. The van der Waals surface area contributed by atoms with Gasteiger partial charge in [0.2, 0.25) is 0 Å². The van der Waals surface area contributed by atoms with Crippen molar-refractivity contribution in [1.29, 1.82) is 0 Å². The molecule has 0 aliphatic carbocycles. The van der Waals surface area contributed by atoms with E-state index in [1.807, 2.05) is 38.1 Å². The van der Waals surface area contributed by atoms with E-state index in [0.29, 0.717) is 5.75 Å². The third kappa shape index (κ3) is 2.25. The second-order valence-electron chi connectivity index (χ2n) is 5.00. The monoisotopic (exact) mass is 301 g/mol. The van der Waals surface area contributed by atoms with Crippen molar-refractivity contribution in [3.63, 3.8) is 0 Å². The average molecular weight is 301 g/mol. The summed E-state index contributed by atoms with van der Waals surface area (Å²) in [6.07, 6.45) is 0. The molecule has 4 heteroatoms. The molecule has 0 unspecified atom stereocenters. The van der Waals surface area contributed by atoms with Crippen LogP contribution in [0.1, 0.15) is 16.7 Å². The summed E-state index contributed by atoms with van der Waals surface area (Å²) in [5.74, 6) is 0.382. The highest BCUT2D eigenvalue weighted by Gasteiger charge is 2.08. The third-order valence-electron chi connectivity index (χ3n) is 3.47. The Morgan fingerprint density at radius 1 is 1.15 bits per heavy atom. The molecule has 1 aromatic heterocycles. The number of phenols is 1. The van der Waals surface area contributed by atoms with Crippen LogP contribution >= 0.6 is 23.6 Å². The maximum Gasteiger partial charge on any atom is 0.162 e. The van der Waals surface area contributed by atoms with E-state index in [4.69, 9.17) is 12.2 Å². The first kappa shape index (κ1) is 13.3. The smallest absolute Gasteiger partial charge is 0.162 e. The lowest BCUT2D eigenvalue weighted by atomic mass is 10.1. The van der Waals surface area contributed by atoms with Crippen LogP contribution in [0, 0.1) is 17.8 Å². The first-order valence-corrected chi connectivity index (χ1v) is 7.66. The van der Waals surface area contributed by atoms with Gasteiger partial charge in [0.1, 0.15) is 5.75 Å². The molecule has 3 rings (SSSR count). The zero-order valence-corrected chi connectivity index (χ0v) is 13.0. The minimum Gasteiger partial charge on any atom is -0.507 e. The first-order chi connectivity index (χ1) is 9.56. The van der Waals surface area contributed by atoms with E-state index in [0.717, 1.165) is 27.2 Å². The van der Waals surface area contributed by atoms with Gasteiger partial charge in [-0.25, -0.2) is 0 Å². The van der Waals surface area contributed by atoms with E-state index in [-0.39, 0.29) is 0 Å². The highest BCUT2D eigenvalue weighted by atomic mass is 32.1. The standard InChI is InChI=1S/C16H15NOS2/c1-10-7-12(8-11(2)15(10)18)9-17-13-5-3-4-6-14(13)20-16(17)19/h3-8,18H,9H2,1-2H3. The lowest BCUT2D eigenvalue weighted by molar-refractivity contribution is 0.466. The Labute approximate surface area is 126 Å². The largest absolute Gasteiger partial charge is 0.507 e. The van der Waals surface area contributed by atoms with Gasteiger partial charge in [-0.1, -0.05) is 24.3 Å². The molecule has 0 aliphatic rings. The molecule has 1 N–H and O–H groups in total. The fourth-order valence-electron chi connectivity index (χ4n) is 2.48. The number of hydrogen-bond donors (Lipinski definition) is 1. The Morgan fingerprint density at radius 2 is 1.80 bits per heavy atom. The minimum absolute atomic E-state index is 0.382. The van der Waals surface area contributed by atoms with Crippen molar-refractivity contribution in [2.24, 2.45) is 0 Å². The van der Waals surface area contributed by atoms with Gasteiger partial charge in [-0.05, 0) is 54.9 Å². The lowest BCUT2D eigenvalue weighted by Gasteiger charge is -2.09. The van der Waals surface area contributed by atoms with Gasteiger partial charge >= 0.3 is 0 Å². The number of thiazole rings is 1. The summed E-state index contributed by atoms with van der Waals surface area (Å²) in [4.78, 5) is 0. The normalized spacial score (nSPS) is 11.1. The summed E-state index contributed by atoms with van der Waals surface area (Å²) in [6.45, 7) is 4.60. The van der Waals surface area contributed by atoms with E-state index in [1.54, 1.807) is 11.3 Å². The average Bonchev–Trinajstić information content (AvgIpc) is 2.73. The van der Waals surface area contributed by atoms with E-state index in [2.05, 4.69) is 16.7 Å². The molecule has 2 nitrogen and oxygen atoms in total. The maximum atomic E-state index is 9.86. The Hall–Kier alpha value is -1.65. The van der Waals surface area contributed by atoms with Gasteiger partial charge in [-0.15, -0.1) is 11.3 Å². The summed E-state index contributed by atoms with van der Waals surface area (Å²) in [5, 5.41) is 9.86. The fourth-order valence-corrected chi connectivity index (χ4v) is 3.81. The van der Waals surface area contributed by atoms with Crippen molar-refractivity contribution in [1.82, 2.24) is 4.57 Å². The number of rotatable bonds is 2. The summed E-state index contributed by atoms with van der Waals surface area (Å²) < 4.78 is 4.25. The van der Waals surface area contributed by atoms with Gasteiger partial charge in [0.15, 0.2) is 3.95 Å². The molecule has 0 spiro atoms. The Bertz CT molecular complexity index is 822. The van der Waals surface area contributed by atoms with Crippen molar-refractivity contribution in [2.45, 2.75) is 20.4 Å². The molecule has 1 heterocycles. The van der Waals surface area contributed by atoms with Crippen molar-refractivity contribution < 1.29 is 5.11 Å². The van der Waals surface area contributed by atoms with Crippen molar-refractivity contribution in [2.75, 3.05) is 0 Å². The summed E-state index contributed by atoms with van der Waals surface area (Å²) >= 11 is 7.11. The first-order valence-electron chi connectivity index (χ1n) is 6.44. The molecular weight excluding hydrogens is 286 g/mol. The van der Waals surface area contributed by atoms with Gasteiger partial charge in [0, 0.05) is 6.54 Å². The molecule has 0 bridgehead atoms. The topological polar surface area (TPSA) is 25.2 Å². The summed E-state index contributed by atoms with van der Waals surface area (Å²) in [6, 6.07) is 12.3. The molecule has 102 valence electrons. The van der Waals surface area contributed by atoms with Crippen LogP contribution in [0.5, 0.6) is 5.75 Å². The molecule has 0 amide bonds. The predicted molar refractivity (Wildman–Crippen MR) is 87.3 cm³/mol. The van der Waals surface area contributed by atoms with Crippen molar-refractivity contribution in [3.8, 4) is 5.75 Å². The number of benzene rings is 2. The molecular formula is C16H15NOS2. The van der Waals surface area contributed by atoms with Gasteiger partial charge < -0.3 is 9.67 Å². The number of para-hydroxylation sites is 1. The Morgan fingerprint density at radius 3 is 2.50 bits per heavy atom. The van der Waals surface area contributed by atoms with Crippen LogP contribution in [0.4, 0.5) is 0 Å². The van der Waals surface area contributed by atoms with Crippen LogP contribution in [0.25, 0.3) is 10.2 Å². The molecule has 20 heavy (non-hydrogen) atoms. The van der Waals surface area contributed by atoms with Gasteiger partial charge in [0.25, 0.3) is 0 Å². The number of nitrogens with zero attached hydrogens (tertiary/aromatic N) is 1. The molecule has 0 fully saturated rings. The number of aryl methyl sites for hydroxylation is 2. The number of aromatic hydroxyl groups is 1. The molecule has 0 saturated heterocycles. The number of aromatic nitrogens is 1. The van der Waals surface area contributed by atoms with Gasteiger partial charge in [0.05, 0.1) is 10.2 Å². The molecule has 0 aliphatic heterocycles. The molecule has 0 radical (unpaired) electrons. The second-order valence-corrected chi connectivity index (χ2v) is 6.68. The predicted octanol–water partition coefficient (Wildman–Crippen LogP) is 4.80. The van der Waals surface area contributed by atoms with E-state index in [1.165, 1.54) is 10.2 Å². The molecule has 3 aromatic rings. The molecule has 0 atom stereocenters. The second kappa shape index (κ2) is 5.04. The van der Waals surface area contributed by atoms with E-state index in [9.17, 15) is 5.11 Å². The number of hydrogen-bond acceptors (Lipinski definition) is 3. The number of fused-ring (bicyclic) bond motifs is 1. The molecule has 2 aromatic carbocycles. The zero-order valence-electron chi connectivity index (χ0n) is 11.4. The summed E-state index contributed by atoms with van der Waals surface area (Å²) in [7, 11) is 0. The number of phenolic OH excluding ortho intramolecular Hbond substituents is 1. The van der Waals surface area contributed by atoms with Crippen molar-refractivity contribution in [3.05, 3.63) is 57.0 Å². The minimum atomic E-state index is 0.382. The third-order valence-corrected chi connectivity index (χ3v) is 4.90. The molecule has 0 saturated carbocycles. The highest BCUT2D eigenvalue weighted by molar-refractivity contribution is 7.73. The van der Waals surface area contributed by atoms with Crippen molar-refractivity contribution >= 4 is 33.8 Å². The fraction of sp³-hybridized carbons (Fsp3) is 0.188. The Kier molecular flexibility index (Phi) is 3.36. The van der Waals surface area contributed by atoms with Gasteiger partial charge in [-0.3, -0.25) is 0 Å². The van der Waals surface area contributed by atoms with Crippen LogP contribution in [0.15, 0.2) is 36.4 Å². The van der Waals surface area contributed by atoms with Gasteiger partial charge in [-0.2, -0.15) is 0 Å². The van der Waals surface area contributed by atoms with Crippen LogP contribution in [-0.4, -0.2) is 9.67 Å². The quantitative estimate of drug-likeness (QED) is 0.688.